The summed E-state index contributed by atoms with van der Waals surface area (Å²) in [6, 6.07) is 8.84. The Balaban J connectivity index is 2.26. The first-order chi connectivity index (χ1) is 8.59. The van der Waals surface area contributed by atoms with Gasteiger partial charge in [0, 0.05) is 7.05 Å². The molecule has 0 saturated carbocycles. The van der Waals surface area contributed by atoms with E-state index in [4.69, 9.17) is 9.52 Å². The molecule has 94 valence electrons. The molecule has 0 spiro atoms. The summed E-state index contributed by atoms with van der Waals surface area (Å²) in [7, 11) is 1.85. The van der Waals surface area contributed by atoms with E-state index in [0.29, 0.717) is 17.8 Å². The lowest BCUT2D eigenvalue weighted by molar-refractivity contribution is 0.0697. The summed E-state index contributed by atoms with van der Waals surface area (Å²) < 4.78 is 5.37. The number of carboxylic acids is 1. The Morgan fingerprint density at radius 3 is 2.67 bits per heavy atom. The molecule has 1 heterocycles. The van der Waals surface area contributed by atoms with E-state index in [1.165, 1.54) is 0 Å². The van der Waals surface area contributed by atoms with Gasteiger partial charge in [0.15, 0.2) is 0 Å². The molecule has 0 amide bonds. The van der Waals surface area contributed by atoms with Crippen LogP contribution >= 0.6 is 0 Å². The third-order valence-corrected chi connectivity index (χ3v) is 2.89. The summed E-state index contributed by atoms with van der Waals surface area (Å²) in [5.41, 5.74) is 2.04. The maximum absolute atomic E-state index is 11.1. The van der Waals surface area contributed by atoms with Crippen LogP contribution in [0, 0.1) is 6.92 Å². The zero-order valence-corrected chi connectivity index (χ0v) is 10.4. The Morgan fingerprint density at radius 1 is 1.33 bits per heavy atom. The molecule has 0 saturated heterocycles. The van der Waals surface area contributed by atoms with Gasteiger partial charge in [0.05, 0.1) is 24.1 Å². The average molecular weight is 245 g/mol. The third kappa shape index (κ3) is 2.37. The fraction of sp³-hybridized carbons (Fsp3) is 0.214. The van der Waals surface area contributed by atoms with E-state index in [9.17, 15) is 4.79 Å². The molecule has 18 heavy (non-hydrogen) atoms. The number of nitrogens with zero attached hydrogens (tertiary/aromatic N) is 1. The fourth-order valence-corrected chi connectivity index (χ4v) is 1.85. The van der Waals surface area contributed by atoms with Crippen molar-refractivity contribution in [1.82, 2.24) is 0 Å². The lowest BCUT2D eigenvalue weighted by Gasteiger charge is -2.20. The minimum atomic E-state index is -0.923. The SMILES string of the molecule is Cc1ccoc1CN(C)c1ccccc1C(=O)O. The molecule has 4 nitrogen and oxygen atoms in total. The molecule has 2 rings (SSSR count). The van der Waals surface area contributed by atoms with Gasteiger partial charge >= 0.3 is 5.97 Å². The van der Waals surface area contributed by atoms with Crippen molar-refractivity contribution in [3.8, 4) is 0 Å². The van der Waals surface area contributed by atoms with E-state index >= 15 is 0 Å². The highest BCUT2D eigenvalue weighted by Gasteiger charge is 2.14. The minimum Gasteiger partial charge on any atom is -0.478 e. The Kier molecular flexibility index (Phi) is 3.37. The molecule has 0 atom stereocenters. The monoisotopic (exact) mass is 245 g/mol. The molecule has 0 radical (unpaired) electrons. The highest BCUT2D eigenvalue weighted by Crippen LogP contribution is 2.22. The van der Waals surface area contributed by atoms with Crippen molar-refractivity contribution in [3.63, 3.8) is 0 Å². The largest absolute Gasteiger partial charge is 0.478 e. The standard InChI is InChI=1S/C14H15NO3/c1-10-7-8-18-13(10)9-15(2)12-6-4-3-5-11(12)14(16)17/h3-8H,9H2,1-2H3,(H,16,17). The average Bonchev–Trinajstić information content (AvgIpc) is 2.75. The van der Waals surface area contributed by atoms with Gasteiger partial charge in [-0.1, -0.05) is 12.1 Å². The van der Waals surface area contributed by atoms with Crippen molar-refractivity contribution in [2.24, 2.45) is 0 Å². The highest BCUT2D eigenvalue weighted by atomic mass is 16.4. The van der Waals surface area contributed by atoms with E-state index in [2.05, 4.69) is 0 Å². The number of carbonyl (C=O) groups is 1. The van der Waals surface area contributed by atoms with Crippen LogP contribution in [0.4, 0.5) is 5.69 Å². The number of para-hydroxylation sites is 1. The van der Waals surface area contributed by atoms with Gasteiger partial charge in [-0.3, -0.25) is 0 Å². The van der Waals surface area contributed by atoms with E-state index in [1.807, 2.05) is 31.0 Å². The van der Waals surface area contributed by atoms with Crippen molar-refractivity contribution >= 4 is 11.7 Å². The topological polar surface area (TPSA) is 53.7 Å². The second-order valence-electron chi connectivity index (χ2n) is 4.21. The zero-order chi connectivity index (χ0) is 13.1. The number of rotatable bonds is 4. The van der Waals surface area contributed by atoms with Gasteiger partial charge in [-0.05, 0) is 30.7 Å². The van der Waals surface area contributed by atoms with Crippen molar-refractivity contribution in [2.45, 2.75) is 13.5 Å². The molecule has 0 fully saturated rings. The number of anilines is 1. The lowest BCUT2D eigenvalue weighted by atomic mass is 10.1. The van der Waals surface area contributed by atoms with Gasteiger partial charge in [-0.15, -0.1) is 0 Å². The second-order valence-corrected chi connectivity index (χ2v) is 4.21. The molecule has 0 unspecified atom stereocenters. The van der Waals surface area contributed by atoms with Crippen molar-refractivity contribution in [2.75, 3.05) is 11.9 Å². The van der Waals surface area contributed by atoms with Crippen LogP contribution in [0.5, 0.6) is 0 Å². The summed E-state index contributed by atoms with van der Waals surface area (Å²) in [5.74, 6) is -0.0775. The van der Waals surface area contributed by atoms with Gasteiger partial charge in [0.25, 0.3) is 0 Å². The minimum absolute atomic E-state index is 0.296. The smallest absolute Gasteiger partial charge is 0.337 e. The van der Waals surface area contributed by atoms with E-state index in [1.54, 1.807) is 24.5 Å². The normalized spacial score (nSPS) is 10.3. The van der Waals surface area contributed by atoms with Crippen LogP contribution in [0.2, 0.25) is 0 Å². The first-order valence-electron chi connectivity index (χ1n) is 5.66. The van der Waals surface area contributed by atoms with Gasteiger partial charge in [0.2, 0.25) is 0 Å². The third-order valence-electron chi connectivity index (χ3n) is 2.89. The summed E-state index contributed by atoms with van der Waals surface area (Å²) in [4.78, 5) is 13.0. The molecule has 2 aromatic rings. The predicted molar refractivity (Wildman–Crippen MR) is 69.0 cm³/mol. The van der Waals surface area contributed by atoms with Crippen molar-refractivity contribution in [3.05, 3.63) is 53.5 Å². The zero-order valence-electron chi connectivity index (χ0n) is 10.4. The van der Waals surface area contributed by atoms with Crippen LogP contribution in [-0.4, -0.2) is 18.1 Å². The first kappa shape index (κ1) is 12.2. The van der Waals surface area contributed by atoms with Crippen molar-refractivity contribution < 1.29 is 14.3 Å². The van der Waals surface area contributed by atoms with Crippen LogP contribution in [0.15, 0.2) is 41.0 Å². The van der Waals surface area contributed by atoms with Crippen LogP contribution in [0.25, 0.3) is 0 Å². The highest BCUT2D eigenvalue weighted by molar-refractivity contribution is 5.94. The summed E-state index contributed by atoms with van der Waals surface area (Å²) in [6.45, 7) is 2.51. The molecule has 1 aromatic carbocycles. The molecule has 0 aliphatic heterocycles. The maximum atomic E-state index is 11.1. The van der Waals surface area contributed by atoms with Crippen LogP contribution in [-0.2, 0) is 6.54 Å². The van der Waals surface area contributed by atoms with Crippen molar-refractivity contribution in [1.29, 1.82) is 0 Å². The number of aromatic carboxylic acids is 1. The Morgan fingerprint density at radius 2 is 2.06 bits per heavy atom. The van der Waals surface area contributed by atoms with Gasteiger partial charge in [-0.25, -0.2) is 4.79 Å². The van der Waals surface area contributed by atoms with Gasteiger partial charge < -0.3 is 14.4 Å². The predicted octanol–water partition coefficient (Wildman–Crippen LogP) is 2.92. The Labute approximate surface area is 105 Å². The molecular formula is C14H15NO3. The molecule has 1 aromatic heterocycles. The fourth-order valence-electron chi connectivity index (χ4n) is 1.85. The Hall–Kier alpha value is -2.23. The quantitative estimate of drug-likeness (QED) is 0.899. The molecule has 1 N–H and O–H groups in total. The number of benzene rings is 1. The second kappa shape index (κ2) is 4.96. The summed E-state index contributed by atoms with van der Waals surface area (Å²) in [5, 5.41) is 9.15. The van der Waals surface area contributed by atoms with E-state index in [-0.39, 0.29) is 0 Å². The number of hydrogen-bond donors (Lipinski definition) is 1. The summed E-state index contributed by atoms with van der Waals surface area (Å²) in [6.07, 6.45) is 1.64. The molecule has 4 heteroatoms. The number of aryl methyl sites for hydroxylation is 1. The first-order valence-corrected chi connectivity index (χ1v) is 5.66. The van der Waals surface area contributed by atoms with Crippen LogP contribution < -0.4 is 4.90 Å². The van der Waals surface area contributed by atoms with Crippen LogP contribution in [0.3, 0.4) is 0 Å². The molecular weight excluding hydrogens is 230 g/mol. The van der Waals surface area contributed by atoms with Crippen LogP contribution in [0.1, 0.15) is 21.7 Å². The van der Waals surface area contributed by atoms with Gasteiger partial charge in [-0.2, -0.15) is 0 Å². The lowest BCUT2D eigenvalue weighted by Crippen LogP contribution is -2.19. The number of carboxylic acid groups (broad SMARTS) is 1. The Bertz CT molecular complexity index is 560. The maximum Gasteiger partial charge on any atom is 0.337 e. The summed E-state index contributed by atoms with van der Waals surface area (Å²) >= 11 is 0. The number of hydrogen-bond acceptors (Lipinski definition) is 3. The van der Waals surface area contributed by atoms with E-state index < -0.39 is 5.97 Å². The van der Waals surface area contributed by atoms with Gasteiger partial charge in [0.1, 0.15) is 5.76 Å². The van der Waals surface area contributed by atoms with E-state index in [0.717, 1.165) is 11.3 Å². The molecule has 0 aliphatic rings. The number of furan rings is 1. The molecule has 0 aliphatic carbocycles. The molecule has 0 bridgehead atoms.